The molecule has 0 saturated heterocycles. The molecule has 1 aromatic rings. The van der Waals surface area contributed by atoms with Gasteiger partial charge in [-0.25, -0.2) is 0 Å². The van der Waals surface area contributed by atoms with Gasteiger partial charge < -0.3 is 14.1 Å². The number of nitrogens with zero attached hydrogens (tertiary/aromatic N) is 1. The number of aldehydes is 1. The van der Waals surface area contributed by atoms with Crippen molar-refractivity contribution in [1.82, 2.24) is 4.90 Å². The van der Waals surface area contributed by atoms with Crippen molar-refractivity contribution in [2.45, 2.75) is 64.6 Å². The molecule has 0 fully saturated rings. The summed E-state index contributed by atoms with van der Waals surface area (Å²) in [6.45, 7) is 17.7. The van der Waals surface area contributed by atoms with Crippen LogP contribution in [0.15, 0.2) is 30.3 Å². The summed E-state index contributed by atoms with van der Waals surface area (Å²) in [7, 11) is -3.59. The zero-order valence-electron chi connectivity index (χ0n) is 17.6. The Labute approximate surface area is 161 Å². The lowest BCUT2D eigenvalue weighted by molar-refractivity contribution is -0.112. The third kappa shape index (κ3) is 6.48. The molecule has 0 heterocycles. The molecule has 0 aliphatic carbocycles. The molecule has 0 N–H and O–H groups in total. The molecular weight excluding hydrogens is 358 g/mol. The highest BCUT2D eigenvalue weighted by Crippen LogP contribution is 2.36. The topological polar surface area (TPSA) is 46.6 Å². The van der Waals surface area contributed by atoms with Crippen molar-refractivity contribution >= 4 is 28.6 Å². The van der Waals surface area contributed by atoms with Gasteiger partial charge >= 0.3 is 0 Å². The zero-order chi connectivity index (χ0) is 20.2. The van der Waals surface area contributed by atoms with Gasteiger partial charge in [0.15, 0.2) is 8.32 Å². The number of carbonyl (C=O) groups excluding carboxylic acids is 2. The van der Waals surface area contributed by atoms with E-state index in [2.05, 4.69) is 53.5 Å². The molecule has 146 valence electrons. The third-order valence-electron chi connectivity index (χ3n) is 4.90. The molecule has 1 amide bonds. The number of hydrogen-bond donors (Lipinski definition) is 0. The van der Waals surface area contributed by atoms with Gasteiger partial charge in [-0.15, -0.1) is 0 Å². The maximum Gasteiger partial charge on any atom is 0.254 e. The van der Waals surface area contributed by atoms with Crippen LogP contribution >= 0.6 is 0 Å². The van der Waals surface area contributed by atoms with Crippen LogP contribution in [0.5, 0.6) is 0 Å². The molecule has 4 nitrogen and oxygen atoms in total. The fourth-order valence-corrected chi connectivity index (χ4v) is 4.73. The van der Waals surface area contributed by atoms with Crippen molar-refractivity contribution in [3.8, 4) is 0 Å². The summed E-state index contributed by atoms with van der Waals surface area (Å²) in [4.78, 5) is 26.7. The second-order valence-electron chi connectivity index (χ2n) is 9.63. The van der Waals surface area contributed by atoms with Crippen LogP contribution in [0.4, 0.5) is 0 Å². The Morgan fingerprint density at radius 3 is 2.08 bits per heavy atom. The number of amides is 1. The monoisotopic (exact) mass is 393 g/mol. The first kappa shape index (κ1) is 22.8. The second-order valence-corrected chi connectivity index (χ2v) is 19.9. The Hall–Kier alpha value is -1.25. The molecule has 0 unspecified atom stereocenters. The van der Waals surface area contributed by atoms with Gasteiger partial charge in [0.1, 0.15) is 12.3 Å². The summed E-state index contributed by atoms with van der Waals surface area (Å²) < 4.78 is 6.26. The third-order valence-corrected chi connectivity index (χ3v) is 10.7. The van der Waals surface area contributed by atoms with E-state index in [9.17, 15) is 9.59 Å². The first-order valence-electron chi connectivity index (χ1n) is 9.24. The Bertz CT molecular complexity index is 604. The van der Waals surface area contributed by atoms with Gasteiger partial charge in [0, 0.05) is 11.7 Å². The van der Waals surface area contributed by atoms with Gasteiger partial charge in [0.2, 0.25) is 0 Å². The van der Waals surface area contributed by atoms with Crippen LogP contribution in [0.25, 0.3) is 0 Å². The summed E-state index contributed by atoms with van der Waals surface area (Å²) in [6.07, 6.45) is 1.50. The molecule has 0 aromatic heterocycles. The first-order valence-corrected chi connectivity index (χ1v) is 15.9. The average molecular weight is 394 g/mol. The molecule has 0 aliphatic heterocycles. The summed E-state index contributed by atoms with van der Waals surface area (Å²) in [6, 6.07) is 8.64. The minimum absolute atomic E-state index is 0.0630. The van der Waals surface area contributed by atoms with Crippen molar-refractivity contribution in [3.63, 3.8) is 0 Å². The molecule has 1 atom stereocenters. The van der Waals surface area contributed by atoms with Gasteiger partial charge in [0.25, 0.3) is 5.91 Å². The predicted octanol–water partition coefficient (Wildman–Crippen LogP) is 4.60. The molecule has 1 aromatic carbocycles. The fraction of sp³-hybridized carbons (Fsp3) is 0.600. The van der Waals surface area contributed by atoms with Crippen molar-refractivity contribution < 1.29 is 14.0 Å². The van der Waals surface area contributed by atoms with Crippen LogP contribution in [0.2, 0.25) is 37.8 Å². The minimum Gasteiger partial charge on any atom is -0.414 e. The lowest BCUT2D eigenvalue weighted by Gasteiger charge is -2.39. The normalized spacial score (nSPS) is 14.0. The Balaban J connectivity index is 3.07. The SMILES string of the molecule is CC(C)(C)[Si](C)(C)OC[C@H](C=O)N(C[Si](C)(C)C)C(=O)c1ccccc1. The molecule has 0 radical (unpaired) electrons. The summed E-state index contributed by atoms with van der Waals surface area (Å²) >= 11 is 0. The second kappa shape index (κ2) is 8.63. The lowest BCUT2D eigenvalue weighted by atomic mass is 10.2. The molecule has 0 aliphatic rings. The van der Waals surface area contributed by atoms with Crippen LogP contribution in [0.3, 0.4) is 0 Å². The number of carbonyl (C=O) groups is 2. The van der Waals surface area contributed by atoms with E-state index in [0.717, 1.165) is 6.29 Å². The molecule has 26 heavy (non-hydrogen) atoms. The van der Waals surface area contributed by atoms with Gasteiger partial charge in [-0.3, -0.25) is 4.79 Å². The highest BCUT2D eigenvalue weighted by molar-refractivity contribution is 6.76. The van der Waals surface area contributed by atoms with Crippen LogP contribution in [0, 0.1) is 0 Å². The van der Waals surface area contributed by atoms with Gasteiger partial charge in [0.05, 0.1) is 14.7 Å². The maximum atomic E-state index is 13.1. The molecule has 1 rings (SSSR count). The average Bonchev–Trinajstić information content (AvgIpc) is 2.52. The maximum absolute atomic E-state index is 13.1. The van der Waals surface area contributed by atoms with Crippen molar-refractivity contribution in [2.24, 2.45) is 0 Å². The van der Waals surface area contributed by atoms with E-state index in [1.54, 1.807) is 17.0 Å². The van der Waals surface area contributed by atoms with Gasteiger partial charge in [-0.1, -0.05) is 58.6 Å². The molecule has 0 saturated carbocycles. The van der Waals surface area contributed by atoms with E-state index in [4.69, 9.17) is 4.43 Å². The van der Waals surface area contributed by atoms with Crippen molar-refractivity contribution in [2.75, 3.05) is 12.8 Å². The first-order chi connectivity index (χ1) is 11.8. The standard InChI is InChI=1S/C20H35NO3Si2/c1-20(2,3)26(7,8)24-15-18(14-22)21(16-25(4,5)6)19(23)17-12-10-9-11-13-17/h9-14,18H,15-16H2,1-8H3/t18-/m0/s1. The minimum atomic E-state index is -1.99. The van der Waals surface area contributed by atoms with Crippen LogP contribution < -0.4 is 0 Å². The van der Waals surface area contributed by atoms with E-state index in [1.165, 1.54) is 0 Å². The molecule has 6 heteroatoms. The largest absolute Gasteiger partial charge is 0.414 e. The number of benzene rings is 1. The van der Waals surface area contributed by atoms with Crippen molar-refractivity contribution in [3.05, 3.63) is 35.9 Å². The van der Waals surface area contributed by atoms with Crippen LogP contribution in [-0.2, 0) is 9.22 Å². The summed E-state index contributed by atoms with van der Waals surface area (Å²) in [5.41, 5.74) is 0.616. The quantitative estimate of drug-likeness (QED) is 0.479. The number of hydrogen-bond acceptors (Lipinski definition) is 3. The highest BCUT2D eigenvalue weighted by Gasteiger charge is 2.39. The lowest BCUT2D eigenvalue weighted by Crippen LogP contribution is -2.53. The molecular formula is C20H35NO3Si2. The smallest absolute Gasteiger partial charge is 0.254 e. The predicted molar refractivity (Wildman–Crippen MR) is 114 cm³/mol. The zero-order valence-corrected chi connectivity index (χ0v) is 19.6. The van der Waals surface area contributed by atoms with Crippen molar-refractivity contribution in [1.29, 1.82) is 0 Å². The van der Waals surface area contributed by atoms with E-state index < -0.39 is 22.4 Å². The van der Waals surface area contributed by atoms with Gasteiger partial charge in [-0.2, -0.15) is 0 Å². The van der Waals surface area contributed by atoms with Crippen LogP contribution in [-0.4, -0.2) is 52.3 Å². The Kier molecular flexibility index (Phi) is 7.56. The van der Waals surface area contributed by atoms with E-state index in [1.807, 2.05) is 18.2 Å². The fourth-order valence-electron chi connectivity index (χ4n) is 2.31. The molecule has 0 bridgehead atoms. The Morgan fingerprint density at radius 1 is 1.12 bits per heavy atom. The van der Waals surface area contributed by atoms with E-state index in [-0.39, 0.29) is 17.6 Å². The van der Waals surface area contributed by atoms with Gasteiger partial charge in [-0.05, 0) is 30.3 Å². The highest BCUT2D eigenvalue weighted by atomic mass is 28.4. The summed E-state index contributed by atoms with van der Waals surface area (Å²) in [5, 5.41) is 0.0630. The van der Waals surface area contributed by atoms with E-state index in [0.29, 0.717) is 11.7 Å². The summed E-state index contributed by atoms with van der Waals surface area (Å²) in [5.74, 6) is -0.0936. The number of rotatable bonds is 8. The van der Waals surface area contributed by atoms with E-state index >= 15 is 0 Å². The molecule has 0 spiro atoms. The van der Waals surface area contributed by atoms with Crippen LogP contribution in [0.1, 0.15) is 31.1 Å². The Morgan fingerprint density at radius 2 is 1.65 bits per heavy atom.